The number of benzene rings is 1. The van der Waals surface area contributed by atoms with Gasteiger partial charge >= 0.3 is 0 Å². The second-order valence-corrected chi connectivity index (χ2v) is 6.56. The zero-order valence-electron chi connectivity index (χ0n) is 14.2. The van der Waals surface area contributed by atoms with Crippen LogP contribution in [0.4, 0.5) is 5.69 Å². The number of fused-ring (bicyclic) bond motifs is 2. The molecule has 0 bridgehead atoms. The van der Waals surface area contributed by atoms with Gasteiger partial charge in [-0.2, -0.15) is 5.10 Å². The Hall–Kier alpha value is -3.15. The predicted octanol–water partition coefficient (Wildman–Crippen LogP) is 3.66. The maximum Gasteiger partial charge on any atom is 0.276 e. The first-order valence-corrected chi connectivity index (χ1v) is 8.32. The third kappa shape index (κ3) is 2.87. The number of hydrogen-bond acceptors (Lipinski definition) is 3. The molecule has 0 saturated heterocycles. The first-order valence-electron chi connectivity index (χ1n) is 8.32. The van der Waals surface area contributed by atoms with E-state index in [9.17, 15) is 4.79 Å². The normalized spacial score (nSPS) is 11.5. The van der Waals surface area contributed by atoms with Gasteiger partial charge < -0.3 is 9.72 Å². The summed E-state index contributed by atoms with van der Waals surface area (Å²) in [5.74, 6) is 1.15. The van der Waals surface area contributed by atoms with E-state index in [1.807, 2.05) is 47.0 Å². The number of H-pyrrole nitrogens is 1. The van der Waals surface area contributed by atoms with Crippen molar-refractivity contribution in [1.29, 1.82) is 0 Å². The van der Waals surface area contributed by atoms with Crippen LogP contribution in [-0.4, -0.2) is 25.5 Å². The monoisotopic (exact) mass is 333 g/mol. The average molecular weight is 333 g/mol. The number of carbonyl (C=O) groups excluding carboxylic acids is 1. The lowest BCUT2D eigenvalue weighted by Crippen LogP contribution is -2.13. The van der Waals surface area contributed by atoms with Crippen molar-refractivity contribution in [2.75, 3.05) is 5.32 Å². The van der Waals surface area contributed by atoms with Gasteiger partial charge in [-0.25, -0.2) is 4.98 Å². The van der Waals surface area contributed by atoms with Crippen molar-refractivity contribution in [1.82, 2.24) is 19.6 Å². The van der Waals surface area contributed by atoms with Gasteiger partial charge in [-0.1, -0.05) is 19.9 Å². The van der Waals surface area contributed by atoms with E-state index in [1.165, 1.54) is 0 Å². The van der Waals surface area contributed by atoms with Gasteiger partial charge in [0.25, 0.3) is 5.91 Å². The van der Waals surface area contributed by atoms with Crippen molar-refractivity contribution in [3.63, 3.8) is 0 Å². The molecule has 0 atom stereocenters. The summed E-state index contributed by atoms with van der Waals surface area (Å²) in [6, 6.07) is 11.4. The number of nitrogens with one attached hydrogen (secondary N) is 2. The van der Waals surface area contributed by atoms with Gasteiger partial charge in [-0.15, -0.1) is 0 Å². The third-order valence-corrected chi connectivity index (χ3v) is 4.13. The minimum Gasteiger partial charge on any atom is -0.321 e. The molecule has 6 heteroatoms. The van der Waals surface area contributed by atoms with Gasteiger partial charge in [0, 0.05) is 23.7 Å². The molecule has 6 nitrogen and oxygen atoms in total. The molecule has 0 aliphatic rings. The van der Waals surface area contributed by atoms with Crippen molar-refractivity contribution in [3.8, 4) is 0 Å². The fraction of sp³-hybridized carbons (Fsp3) is 0.211. The van der Waals surface area contributed by atoms with Crippen LogP contribution in [0.15, 0.2) is 48.8 Å². The summed E-state index contributed by atoms with van der Waals surface area (Å²) in [5.41, 5.74) is 2.86. The molecule has 1 aromatic carbocycles. The summed E-state index contributed by atoms with van der Waals surface area (Å²) in [6.45, 7) is 4.28. The quantitative estimate of drug-likeness (QED) is 0.598. The fourth-order valence-electron chi connectivity index (χ4n) is 2.98. The maximum atomic E-state index is 12.8. The minimum absolute atomic E-state index is 0.211. The Morgan fingerprint density at radius 1 is 1.28 bits per heavy atom. The highest BCUT2D eigenvalue weighted by Gasteiger charge is 2.18. The number of carbonyl (C=O) groups is 1. The Labute approximate surface area is 144 Å². The Morgan fingerprint density at radius 3 is 3.00 bits per heavy atom. The van der Waals surface area contributed by atoms with Crippen molar-refractivity contribution in [3.05, 3.63) is 60.3 Å². The van der Waals surface area contributed by atoms with Crippen molar-refractivity contribution in [2.24, 2.45) is 5.92 Å². The van der Waals surface area contributed by atoms with E-state index in [-0.39, 0.29) is 5.91 Å². The number of anilines is 1. The number of imidazole rings is 1. The molecular weight excluding hydrogens is 314 g/mol. The molecule has 0 saturated carbocycles. The number of hydrogen-bond donors (Lipinski definition) is 2. The second kappa shape index (κ2) is 6.05. The molecule has 0 radical (unpaired) electrons. The van der Waals surface area contributed by atoms with Crippen molar-refractivity contribution in [2.45, 2.75) is 20.3 Å². The summed E-state index contributed by atoms with van der Waals surface area (Å²) in [4.78, 5) is 17.4. The number of pyridine rings is 1. The average Bonchev–Trinajstić information content (AvgIpc) is 3.19. The molecule has 3 heterocycles. The molecule has 0 spiro atoms. The molecule has 4 rings (SSSR count). The van der Waals surface area contributed by atoms with E-state index < -0.39 is 0 Å². The SMILES string of the molecule is CC(C)Cc1nc(C(=O)Nc2ccc3cn[nH]c3c2)c2ccccn12. The van der Waals surface area contributed by atoms with Gasteiger partial charge in [0.15, 0.2) is 5.69 Å². The van der Waals surface area contributed by atoms with Gasteiger partial charge in [0.2, 0.25) is 0 Å². The number of amides is 1. The largest absolute Gasteiger partial charge is 0.321 e. The number of aromatic nitrogens is 4. The summed E-state index contributed by atoms with van der Waals surface area (Å²) >= 11 is 0. The van der Waals surface area contributed by atoms with Crippen molar-refractivity contribution >= 4 is 28.0 Å². The Bertz CT molecular complexity index is 1060. The highest BCUT2D eigenvalue weighted by Crippen LogP contribution is 2.20. The Balaban J connectivity index is 1.69. The lowest BCUT2D eigenvalue weighted by Gasteiger charge is -2.03. The number of aromatic amines is 1. The van der Waals surface area contributed by atoms with E-state index in [1.54, 1.807) is 6.20 Å². The van der Waals surface area contributed by atoms with Crippen LogP contribution in [0.5, 0.6) is 0 Å². The number of nitrogens with zero attached hydrogens (tertiary/aromatic N) is 3. The molecule has 2 N–H and O–H groups in total. The van der Waals surface area contributed by atoms with Gasteiger partial charge in [0.1, 0.15) is 5.82 Å². The van der Waals surface area contributed by atoms with Crippen LogP contribution < -0.4 is 5.32 Å². The summed E-state index contributed by atoms with van der Waals surface area (Å²) < 4.78 is 1.99. The van der Waals surface area contributed by atoms with Crippen LogP contribution in [0, 0.1) is 5.92 Å². The van der Waals surface area contributed by atoms with E-state index in [0.717, 1.165) is 28.7 Å². The molecule has 0 aliphatic carbocycles. The van der Waals surface area contributed by atoms with Crippen molar-refractivity contribution < 1.29 is 4.79 Å². The minimum atomic E-state index is -0.211. The van der Waals surface area contributed by atoms with Gasteiger partial charge in [-0.05, 0) is 36.2 Å². The van der Waals surface area contributed by atoms with Crippen LogP contribution in [0.25, 0.3) is 16.4 Å². The van der Waals surface area contributed by atoms with Crippen LogP contribution >= 0.6 is 0 Å². The van der Waals surface area contributed by atoms with E-state index in [0.29, 0.717) is 17.3 Å². The van der Waals surface area contributed by atoms with Crippen LogP contribution in [0.3, 0.4) is 0 Å². The predicted molar refractivity (Wildman–Crippen MR) is 97.8 cm³/mol. The summed E-state index contributed by atoms with van der Waals surface area (Å²) in [7, 11) is 0. The second-order valence-electron chi connectivity index (χ2n) is 6.56. The van der Waals surface area contributed by atoms with Gasteiger partial charge in [0.05, 0.1) is 17.2 Å². The standard InChI is InChI=1S/C19H19N5O/c1-12(2)9-17-22-18(16-5-3-4-8-24(16)17)19(25)21-14-7-6-13-11-20-23-15(13)10-14/h3-8,10-12H,9H2,1-2H3,(H,20,23)(H,21,25). The number of rotatable bonds is 4. The summed E-state index contributed by atoms with van der Waals surface area (Å²) in [6.07, 6.45) is 4.52. The molecule has 0 aliphatic heterocycles. The molecule has 126 valence electrons. The topological polar surface area (TPSA) is 75.1 Å². The smallest absolute Gasteiger partial charge is 0.276 e. The fourth-order valence-corrected chi connectivity index (χ4v) is 2.98. The van der Waals surface area contributed by atoms with Crippen LogP contribution in [0.1, 0.15) is 30.2 Å². The molecule has 25 heavy (non-hydrogen) atoms. The Kier molecular flexibility index (Phi) is 3.72. The lowest BCUT2D eigenvalue weighted by atomic mass is 10.1. The van der Waals surface area contributed by atoms with Crippen LogP contribution in [0.2, 0.25) is 0 Å². The summed E-state index contributed by atoms with van der Waals surface area (Å²) in [5, 5.41) is 10.8. The van der Waals surface area contributed by atoms with Gasteiger partial charge in [-0.3, -0.25) is 9.89 Å². The zero-order valence-corrected chi connectivity index (χ0v) is 14.2. The van der Waals surface area contributed by atoms with Crippen LogP contribution in [-0.2, 0) is 6.42 Å². The molecule has 0 fully saturated rings. The lowest BCUT2D eigenvalue weighted by molar-refractivity contribution is 0.102. The Morgan fingerprint density at radius 2 is 2.16 bits per heavy atom. The highest BCUT2D eigenvalue weighted by molar-refractivity contribution is 6.08. The third-order valence-electron chi connectivity index (χ3n) is 4.13. The molecule has 4 aromatic rings. The van der Waals surface area contributed by atoms with E-state index in [2.05, 4.69) is 34.3 Å². The maximum absolute atomic E-state index is 12.8. The van der Waals surface area contributed by atoms with E-state index in [4.69, 9.17) is 0 Å². The molecular formula is C19H19N5O. The molecule has 1 amide bonds. The molecule has 3 aromatic heterocycles. The van der Waals surface area contributed by atoms with E-state index >= 15 is 0 Å². The zero-order chi connectivity index (χ0) is 17.4. The first-order chi connectivity index (χ1) is 12.1. The highest BCUT2D eigenvalue weighted by atomic mass is 16.1. The first kappa shape index (κ1) is 15.4. The molecule has 0 unspecified atom stereocenters.